The number of carbonyl (C=O) groups is 1. The van der Waals surface area contributed by atoms with Gasteiger partial charge < -0.3 is 9.94 Å². The summed E-state index contributed by atoms with van der Waals surface area (Å²) in [4.78, 5) is 35.4. The molecule has 1 atom stereocenters. The lowest BCUT2D eigenvalue weighted by molar-refractivity contribution is -0.137. The van der Waals surface area contributed by atoms with Gasteiger partial charge in [-0.3, -0.25) is 14.2 Å². The normalized spacial score (nSPS) is 16.8. The number of halogens is 1. The Balaban J connectivity index is 1.52. The fraction of sp³-hybridized carbons (Fsp3) is 0.267. The Morgan fingerprint density at radius 3 is 2.55 bits per heavy atom. The molecule has 194 valence electrons. The summed E-state index contributed by atoms with van der Waals surface area (Å²) in [7, 11) is 0. The first-order valence-corrected chi connectivity index (χ1v) is 12.7. The first kappa shape index (κ1) is 25.3. The molecular formula is C30H28FN3O4. The van der Waals surface area contributed by atoms with Crippen LogP contribution in [-0.2, 0) is 21.7 Å². The summed E-state index contributed by atoms with van der Waals surface area (Å²) in [5.41, 5.74) is 2.89. The molecule has 0 amide bonds. The van der Waals surface area contributed by atoms with Crippen molar-refractivity contribution in [1.29, 1.82) is 0 Å². The first-order valence-electron chi connectivity index (χ1n) is 12.7. The maximum absolute atomic E-state index is 13.6. The van der Waals surface area contributed by atoms with Crippen LogP contribution in [0.1, 0.15) is 56.0 Å². The van der Waals surface area contributed by atoms with Crippen LogP contribution in [0.15, 0.2) is 82.7 Å². The van der Waals surface area contributed by atoms with Gasteiger partial charge in [-0.1, -0.05) is 48.5 Å². The summed E-state index contributed by atoms with van der Waals surface area (Å²) in [5.74, 6) is -0.773. The highest BCUT2D eigenvalue weighted by molar-refractivity contribution is 6.04. The highest BCUT2D eigenvalue weighted by Gasteiger charge is 2.39. The van der Waals surface area contributed by atoms with Crippen LogP contribution in [0.25, 0.3) is 16.6 Å². The van der Waals surface area contributed by atoms with E-state index in [1.54, 1.807) is 6.07 Å². The molecule has 38 heavy (non-hydrogen) atoms. The van der Waals surface area contributed by atoms with Crippen LogP contribution in [0.4, 0.5) is 4.39 Å². The number of aryl methyl sites for hydroxylation is 1. The van der Waals surface area contributed by atoms with E-state index >= 15 is 0 Å². The van der Waals surface area contributed by atoms with Crippen LogP contribution in [-0.4, -0.2) is 26.3 Å². The maximum atomic E-state index is 13.6. The lowest BCUT2D eigenvalue weighted by atomic mass is 9.85. The third-order valence-electron chi connectivity index (χ3n) is 7.05. The molecule has 1 aliphatic rings. The molecule has 0 spiro atoms. The molecule has 2 heterocycles. The third-order valence-corrected chi connectivity index (χ3v) is 7.05. The van der Waals surface area contributed by atoms with Gasteiger partial charge in [0.15, 0.2) is 5.60 Å². The Labute approximate surface area is 219 Å². The molecule has 0 radical (unpaired) electrons. The molecule has 3 aromatic carbocycles. The fourth-order valence-electron chi connectivity index (χ4n) is 4.92. The number of carboxylic acid groups (broad SMARTS) is 1. The average molecular weight is 514 g/mol. The van der Waals surface area contributed by atoms with E-state index in [4.69, 9.17) is 14.9 Å². The predicted octanol–water partition coefficient (Wildman–Crippen LogP) is 5.75. The quantitative estimate of drug-likeness (QED) is 0.288. The van der Waals surface area contributed by atoms with Crippen molar-refractivity contribution in [2.24, 2.45) is 5.16 Å². The van der Waals surface area contributed by atoms with Crippen molar-refractivity contribution in [3.63, 3.8) is 0 Å². The SMILES string of the molecule is CCC1(c2ccccc2)CC(c2ccc3c(=O)n(-c4ccc(F)cc4)c(CCCCC(=O)O)nc3c2)=NO1. The van der Waals surface area contributed by atoms with E-state index in [9.17, 15) is 14.0 Å². The zero-order chi connectivity index (χ0) is 26.7. The molecule has 0 aliphatic carbocycles. The number of carboxylic acids is 1. The van der Waals surface area contributed by atoms with Gasteiger partial charge in [-0.15, -0.1) is 0 Å². The lowest BCUT2D eigenvalue weighted by Gasteiger charge is -2.25. The molecule has 0 saturated carbocycles. The summed E-state index contributed by atoms with van der Waals surface area (Å²) in [6.07, 6.45) is 2.78. The number of hydrogen-bond acceptors (Lipinski definition) is 5. The van der Waals surface area contributed by atoms with Crippen molar-refractivity contribution in [1.82, 2.24) is 9.55 Å². The van der Waals surface area contributed by atoms with Crippen molar-refractivity contribution in [3.8, 4) is 5.69 Å². The number of rotatable bonds is 9. The number of nitrogens with zero attached hydrogens (tertiary/aromatic N) is 3. The first-order chi connectivity index (χ1) is 18.4. The summed E-state index contributed by atoms with van der Waals surface area (Å²) in [6, 6.07) is 21.1. The van der Waals surface area contributed by atoms with Gasteiger partial charge in [-0.2, -0.15) is 0 Å². The summed E-state index contributed by atoms with van der Waals surface area (Å²) in [5, 5.41) is 13.8. The predicted molar refractivity (Wildman–Crippen MR) is 143 cm³/mol. The third kappa shape index (κ3) is 4.94. The van der Waals surface area contributed by atoms with Gasteiger partial charge >= 0.3 is 5.97 Å². The van der Waals surface area contributed by atoms with Gasteiger partial charge in [0.25, 0.3) is 5.56 Å². The van der Waals surface area contributed by atoms with Crippen molar-refractivity contribution in [3.05, 3.63) is 106 Å². The molecule has 0 fully saturated rings. The molecular weight excluding hydrogens is 485 g/mol. The van der Waals surface area contributed by atoms with Crippen molar-refractivity contribution < 1.29 is 19.1 Å². The summed E-state index contributed by atoms with van der Waals surface area (Å²) in [6.45, 7) is 2.07. The summed E-state index contributed by atoms with van der Waals surface area (Å²) < 4.78 is 15.1. The molecule has 8 heteroatoms. The number of unbranched alkanes of at least 4 members (excludes halogenated alkanes) is 1. The number of hydrogen-bond donors (Lipinski definition) is 1. The van der Waals surface area contributed by atoms with Crippen LogP contribution in [0.5, 0.6) is 0 Å². The van der Waals surface area contributed by atoms with Gasteiger partial charge in [-0.25, -0.2) is 9.37 Å². The lowest BCUT2D eigenvalue weighted by Crippen LogP contribution is -2.25. The van der Waals surface area contributed by atoms with Crippen LogP contribution in [0, 0.1) is 5.82 Å². The highest BCUT2D eigenvalue weighted by Crippen LogP contribution is 2.39. The Bertz CT molecular complexity index is 1560. The molecule has 1 aliphatic heterocycles. The molecule has 5 rings (SSSR count). The van der Waals surface area contributed by atoms with Gasteiger partial charge in [0, 0.05) is 24.8 Å². The van der Waals surface area contributed by atoms with Crippen molar-refractivity contribution >= 4 is 22.6 Å². The monoisotopic (exact) mass is 513 g/mol. The Morgan fingerprint density at radius 1 is 1.08 bits per heavy atom. The Morgan fingerprint density at radius 2 is 1.84 bits per heavy atom. The number of oxime groups is 1. The second-order valence-corrected chi connectivity index (χ2v) is 9.50. The minimum absolute atomic E-state index is 0.0406. The zero-order valence-corrected chi connectivity index (χ0v) is 21.1. The van der Waals surface area contributed by atoms with E-state index < -0.39 is 17.4 Å². The number of fused-ring (bicyclic) bond motifs is 1. The average Bonchev–Trinajstić information content (AvgIpc) is 3.38. The van der Waals surface area contributed by atoms with Crippen LogP contribution >= 0.6 is 0 Å². The van der Waals surface area contributed by atoms with Crippen molar-refractivity contribution in [2.45, 2.75) is 51.0 Å². The Hall–Kier alpha value is -4.33. The van der Waals surface area contributed by atoms with Gasteiger partial charge in [0.1, 0.15) is 11.6 Å². The second kappa shape index (κ2) is 10.6. The molecule has 4 aromatic rings. The van der Waals surface area contributed by atoms with Gasteiger partial charge in [0.05, 0.1) is 22.3 Å². The van der Waals surface area contributed by atoms with E-state index in [2.05, 4.69) is 12.1 Å². The number of benzene rings is 3. The highest BCUT2D eigenvalue weighted by atomic mass is 19.1. The number of aliphatic carboxylic acids is 1. The molecule has 1 unspecified atom stereocenters. The summed E-state index contributed by atoms with van der Waals surface area (Å²) >= 11 is 0. The van der Waals surface area contributed by atoms with Crippen LogP contribution in [0.3, 0.4) is 0 Å². The second-order valence-electron chi connectivity index (χ2n) is 9.50. The molecule has 0 bridgehead atoms. The van der Waals surface area contributed by atoms with Crippen molar-refractivity contribution in [2.75, 3.05) is 0 Å². The Kier molecular flexibility index (Phi) is 7.05. The maximum Gasteiger partial charge on any atom is 0.303 e. The zero-order valence-electron chi connectivity index (χ0n) is 21.1. The van der Waals surface area contributed by atoms with Gasteiger partial charge in [0.2, 0.25) is 0 Å². The topological polar surface area (TPSA) is 93.8 Å². The molecule has 7 nitrogen and oxygen atoms in total. The molecule has 0 saturated heterocycles. The van der Waals surface area contributed by atoms with E-state index in [1.807, 2.05) is 42.5 Å². The van der Waals surface area contributed by atoms with E-state index in [0.717, 1.165) is 23.3 Å². The van der Waals surface area contributed by atoms with Crippen LogP contribution < -0.4 is 5.56 Å². The standard InChI is InChI=1S/C30H28FN3O4/c1-2-30(21-8-4-3-5-9-21)19-26(33-38-30)20-12-17-24-25(18-20)32-27(10-6-7-11-28(35)36)34(29(24)37)23-15-13-22(31)14-16-23/h3-5,8-9,12-18H,2,6-7,10-11,19H2,1H3,(H,35,36). The fourth-order valence-corrected chi connectivity index (χ4v) is 4.92. The number of aromatic nitrogens is 2. The van der Waals surface area contributed by atoms with Gasteiger partial charge in [-0.05, 0) is 61.2 Å². The van der Waals surface area contributed by atoms with Crippen LogP contribution in [0.2, 0.25) is 0 Å². The minimum Gasteiger partial charge on any atom is -0.481 e. The largest absolute Gasteiger partial charge is 0.481 e. The smallest absolute Gasteiger partial charge is 0.303 e. The molecule has 1 aromatic heterocycles. The van der Waals surface area contributed by atoms with E-state index in [0.29, 0.717) is 48.1 Å². The van der Waals surface area contributed by atoms with E-state index in [-0.39, 0.29) is 12.0 Å². The minimum atomic E-state index is -0.866. The van der Waals surface area contributed by atoms with E-state index in [1.165, 1.54) is 28.8 Å². The molecule has 1 N–H and O–H groups in total.